The van der Waals surface area contributed by atoms with Crippen LogP contribution < -0.4 is 0 Å². The number of hydrogen-bond donors (Lipinski definition) is 0. The van der Waals surface area contributed by atoms with E-state index in [0.717, 1.165) is 38.3 Å². The Morgan fingerprint density at radius 1 is 1.25 bits per heavy atom. The van der Waals surface area contributed by atoms with Gasteiger partial charge in [0, 0.05) is 18.7 Å². The molecule has 0 saturated carbocycles. The summed E-state index contributed by atoms with van der Waals surface area (Å²) in [5, 5.41) is 4.50. The van der Waals surface area contributed by atoms with Gasteiger partial charge in [-0.05, 0) is 32.8 Å². The van der Waals surface area contributed by atoms with Crippen LogP contribution in [0, 0.1) is 20.8 Å². The SMILES string of the molecule is Cc1nn(CCC2OCCCO2)c(C)c1C. The summed E-state index contributed by atoms with van der Waals surface area (Å²) in [6.07, 6.45) is 1.84. The maximum absolute atomic E-state index is 5.51. The average Bonchev–Trinajstić information content (AvgIpc) is 2.56. The van der Waals surface area contributed by atoms with Gasteiger partial charge in [0.2, 0.25) is 0 Å². The summed E-state index contributed by atoms with van der Waals surface area (Å²) in [4.78, 5) is 0. The van der Waals surface area contributed by atoms with Gasteiger partial charge in [-0.1, -0.05) is 0 Å². The number of ether oxygens (including phenoxy) is 2. The Hall–Kier alpha value is -0.870. The summed E-state index contributed by atoms with van der Waals surface area (Å²) in [7, 11) is 0. The zero-order valence-corrected chi connectivity index (χ0v) is 10.3. The van der Waals surface area contributed by atoms with Gasteiger partial charge in [-0.15, -0.1) is 0 Å². The van der Waals surface area contributed by atoms with E-state index in [1.165, 1.54) is 11.3 Å². The van der Waals surface area contributed by atoms with Gasteiger partial charge in [0.25, 0.3) is 0 Å². The van der Waals surface area contributed by atoms with Crippen molar-refractivity contribution in [3.05, 3.63) is 17.0 Å². The number of aryl methyl sites for hydroxylation is 2. The van der Waals surface area contributed by atoms with Gasteiger partial charge in [0.1, 0.15) is 0 Å². The molecule has 0 aromatic carbocycles. The lowest BCUT2D eigenvalue weighted by atomic mass is 10.2. The summed E-state index contributed by atoms with van der Waals surface area (Å²) in [6.45, 7) is 8.78. The summed E-state index contributed by atoms with van der Waals surface area (Å²) in [5.74, 6) is 0. The zero-order chi connectivity index (χ0) is 11.5. The Morgan fingerprint density at radius 3 is 2.50 bits per heavy atom. The van der Waals surface area contributed by atoms with Crippen molar-refractivity contribution in [1.82, 2.24) is 9.78 Å². The fraction of sp³-hybridized carbons (Fsp3) is 0.750. The fourth-order valence-electron chi connectivity index (χ4n) is 1.94. The second kappa shape index (κ2) is 4.97. The van der Waals surface area contributed by atoms with Crippen LogP contribution >= 0.6 is 0 Å². The Labute approximate surface area is 96.5 Å². The van der Waals surface area contributed by atoms with E-state index in [1.54, 1.807) is 0 Å². The number of hydrogen-bond acceptors (Lipinski definition) is 3. The van der Waals surface area contributed by atoms with E-state index < -0.39 is 0 Å². The third kappa shape index (κ3) is 2.44. The van der Waals surface area contributed by atoms with Gasteiger partial charge in [-0.2, -0.15) is 5.10 Å². The van der Waals surface area contributed by atoms with Crippen molar-refractivity contribution in [3.63, 3.8) is 0 Å². The van der Waals surface area contributed by atoms with E-state index in [1.807, 2.05) is 11.6 Å². The van der Waals surface area contributed by atoms with Gasteiger partial charge >= 0.3 is 0 Å². The first-order valence-corrected chi connectivity index (χ1v) is 5.92. The number of nitrogens with zero attached hydrogens (tertiary/aromatic N) is 2. The van der Waals surface area contributed by atoms with Crippen molar-refractivity contribution in [3.8, 4) is 0 Å². The highest BCUT2D eigenvalue weighted by molar-refractivity contribution is 5.21. The van der Waals surface area contributed by atoms with Gasteiger partial charge in [0.15, 0.2) is 6.29 Å². The van der Waals surface area contributed by atoms with E-state index in [2.05, 4.69) is 18.9 Å². The van der Waals surface area contributed by atoms with Crippen molar-refractivity contribution < 1.29 is 9.47 Å². The lowest BCUT2D eigenvalue weighted by molar-refractivity contribution is -0.182. The van der Waals surface area contributed by atoms with Crippen LogP contribution in [-0.2, 0) is 16.0 Å². The summed E-state index contributed by atoms with van der Waals surface area (Å²) >= 11 is 0. The van der Waals surface area contributed by atoms with Crippen molar-refractivity contribution in [1.29, 1.82) is 0 Å². The lowest BCUT2D eigenvalue weighted by Gasteiger charge is -2.23. The molecule has 0 atom stereocenters. The Morgan fingerprint density at radius 2 is 1.94 bits per heavy atom. The molecule has 0 N–H and O–H groups in total. The Balaban J connectivity index is 1.91. The first kappa shape index (κ1) is 11.6. The molecular weight excluding hydrogens is 204 g/mol. The second-order valence-electron chi connectivity index (χ2n) is 4.33. The molecule has 2 heterocycles. The molecule has 1 aromatic rings. The number of rotatable bonds is 3. The molecule has 0 amide bonds. The Bertz CT molecular complexity index is 354. The highest BCUT2D eigenvalue weighted by Gasteiger charge is 2.15. The minimum Gasteiger partial charge on any atom is -0.353 e. The molecule has 90 valence electrons. The molecule has 0 spiro atoms. The first-order valence-electron chi connectivity index (χ1n) is 5.92. The molecular formula is C12H20N2O2. The number of aromatic nitrogens is 2. The summed E-state index contributed by atoms with van der Waals surface area (Å²) in [5.41, 5.74) is 3.64. The van der Waals surface area contributed by atoms with Crippen molar-refractivity contribution >= 4 is 0 Å². The molecule has 0 unspecified atom stereocenters. The predicted octanol–water partition coefficient (Wildman–Crippen LogP) is 1.96. The van der Waals surface area contributed by atoms with Gasteiger partial charge in [-0.25, -0.2) is 0 Å². The molecule has 1 fully saturated rings. The van der Waals surface area contributed by atoms with Crippen LogP contribution in [0.5, 0.6) is 0 Å². The van der Waals surface area contributed by atoms with E-state index in [0.29, 0.717) is 0 Å². The normalized spacial score (nSPS) is 17.9. The van der Waals surface area contributed by atoms with Crippen LogP contribution in [0.4, 0.5) is 0 Å². The lowest BCUT2D eigenvalue weighted by Crippen LogP contribution is -2.26. The van der Waals surface area contributed by atoms with E-state index in [-0.39, 0.29) is 6.29 Å². The topological polar surface area (TPSA) is 36.3 Å². The Kier molecular flexibility index (Phi) is 3.61. The van der Waals surface area contributed by atoms with Crippen molar-refractivity contribution in [2.24, 2.45) is 0 Å². The smallest absolute Gasteiger partial charge is 0.159 e. The fourth-order valence-corrected chi connectivity index (χ4v) is 1.94. The highest BCUT2D eigenvalue weighted by atomic mass is 16.7. The molecule has 0 aliphatic carbocycles. The minimum absolute atomic E-state index is 0.0436. The minimum atomic E-state index is -0.0436. The second-order valence-corrected chi connectivity index (χ2v) is 4.33. The standard InChI is InChI=1S/C12H20N2O2/c1-9-10(2)13-14(11(9)3)6-5-12-15-7-4-8-16-12/h12H,4-8H2,1-3H3. The quantitative estimate of drug-likeness (QED) is 0.787. The zero-order valence-electron chi connectivity index (χ0n) is 10.3. The summed E-state index contributed by atoms with van der Waals surface area (Å²) in [6, 6.07) is 0. The van der Waals surface area contributed by atoms with Crippen LogP contribution in [0.25, 0.3) is 0 Å². The molecule has 0 radical (unpaired) electrons. The molecule has 4 nitrogen and oxygen atoms in total. The van der Waals surface area contributed by atoms with Crippen LogP contribution in [0.1, 0.15) is 29.8 Å². The maximum Gasteiger partial charge on any atom is 0.159 e. The van der Waals surface area contributed by atoms with Crippen molar-refractivity contribution in [2.75, 3.05) is 13.2 Å². The van der Waals surface area contributed by atoms with E-state index in [4.69, 9.17) is 9.47 Å². The molecule has 16 heavy (non-hydrogen) atoms. The average molecular weight is 224 g/mol. The third-order valence-corrected chi connectivity index (χ3v) is 3.22. The highest BCUT2D eigenvalue weighted by Crippen LogP contribution is 2.14. The molecule has 1 aromatic heterocycles. The van der Waals surface area contributed by atoms with Crippen LogP contribution in [-0.4, -0.2) is 29.3 Å². The van der Waals surface area contributed by atoms with Gasteiger partial charge in [-0.3, -0.25) is 4.68 Å². The predicted molar refractivity (Wildman–Crippen MR) is 61.4 cm³/mol. The maximum atomic E-state index is 5.51. The van der Waals surface area contributed by atoms with Gasteiger partial charge < -0.3 is 9.47 Å². The monoisotopic (exact) mass is 224 g/mol. The molecule has 1 aliphatic heterocycles. The van der Waals surface area contributed by atoms with E-state index in [9.17, 15) is 0 Å². The molecule has 2 rings (SSSR count). The third-order valence-electron chi connectivity index (χ3n) is 3.22. The molecule has 1 saturated heterocycles. The van der Waals surface area contributed by atoms with Crippen LogP contribution in [0.3, 0.4) is 0 Å². The largest absolute Gasteiger partial charge is 0.353 e. The molecule has 1 aliphatic rings. The molecule has 0 bridgehead atoms. The summed E-state index contributed by atoms with van der Waals surface area (Å²) < 4.78 is 13.1. The first-order chi connectivity index (χ1) is 7.68. The van der Waals surface area contributed by atoms with Gasteiger partial charge in [0.05, 0.1) is 18.9 Å². The molecule has 4 heteroatoms. The van der Waals surface area contributed by atoms with Crippen LogP contribution in [0.15, 0.2) is 0 Å². The van der Waals surface area contributed by atoms with Crippen LogP contribution in [0.2, 0.25) is 0 Å². The van der Waals surface area contributed by atoms with Crippen molar-refractivity contribution in [2.45, 2.75) is 46.4 Å². The van der Waals surface area contributed by atoms with E-state index >= 15 is 0 Å².